The summed E-state index contributed by atoms with van der Waals surface area (Å²) in [4.78, 5) is 5.11. The Morgan fingerprint density at radius 2 is 1.56 bits per heavy atom. The Morgan fingerprint density at radius 3 is 2.24 bits per heavy atom. The molecule has 0 bridgehead atoms. The molecule has 0 amide bonds. The number of rotatable bonds is 2. The van der Waals surface area contributed by atoms with Crippen molar-refractivity contribution in [2.75, 3.05) is 40.3 Å². The molecule has 136 valence electrons. The lowest BCUT2D eigenvalue weighted by Gasteiger charge is -2.46. The average Bonchev–Trinajstić information content (AvgIpc) is 2.61. The Morgan fingerprint density at radius 1 is 0.880 bits per heavy atom. The van der Waals surface area contributed by atoms with Gasteiger partial charge in [0.1, 0.15) is 5.75 Å². The standard InChI is InChI=1S/C20H24N2O.2ClH/c1-21-11-12-22-13-19(15-7-9-16(23-2)10-8-15)17-5-3-4-6-18(17)20(22)14-21;;/h3-10,19-20H,11-14H2,1-2H3;2*1H/t19-,20-;;/m1../s1. The first kappa shape index (κ1) is 20.1. The van der Waals surface area contributed by atoms with Crippen LogP contribution in [0.3, 0.4) is 0 Å². The summed E-state index contributed by atoms with van der Waals surface area (Å²) in [6.07, 6.45) is 0. The Kier molecular flexibility index (Phi) is 6.75. The van der Waals surface area contributed by atoms with E-state index in [1.807, 2.05) is 0 Å². The quantitative estimate of drug-likeness (QED) is 0.783. The van der Waals surface area contributed by atoms with Crippen molar-refractivity contribution in [1.29, 1.82) is 0 Å². The van der Waals surface area contributed by atoms with E-state index >= 15 is 0 Å². The van der Waals surface area contributed by atoms with Gasteiger partial charge in [-0.15, -0.1) is 24.8 Å². The lowest BCUT2D eigenvalue weighted by atomic mass is 9.80. The Balaban J connectivity index is 0.00000113. The van der Waals surface area contributed by atoms with Crippen molar-refractivity contribution in [3.63, 3.8) is 0 Å². The fraction of sp³-hybridized carbons (Fsp3) is 0.400. The van der Waals surface area contributed by atoms with E-state index in [0.717, 1.165) is 31.9 Å². The molecule has 2 atom stereocenters. The van der Waals surface area contributed by atoms with Crippen molar-refractivity contribution in [1.82, 2.24) is 9.80 Å². The van der Waals surface area contributed by atoms with Crippen LogP contribution in [-0.4, -0.2) is 50.1 Å². The first-order valence-electron chi connectivity index (χ1n) is 8.41. The topological polar surface area (TPSA) is 15.7 Å². The lowest BCUT2D eigenvalue weighted by molar-refractivity contribution is 0.0772. The molecule has 4 rings (SSSR count). The van der Waals surface area contributed by atoms with Crippen LogP contribution in [0.2, 0.25) is 0 Å². The zero-order valence-corrected chi connectivity index (χ0v) is 16.4. The minimum absolute atomic E-state index is 0. The van der Waals surface area contributed by atoms with E-state index in [-0.39, 0.29) is 24.8 Å². The third-order valence-electron chi connectivity index (χ3n) is 5.36. The molecular formula is C20H26Cl2N2O. The maximum Gasteiger partial charge on any atom is 0.118 e. The smallest absolute Gasteiger partial charge is 0.118 e. The van der Waals surface area contributed by atoms with Gasteiger partial charge in [-0.3, -0.25) is 4.90 Å². The zero-order valence-electron chi connectivity index (χ0n) is 14.7. The molecule has 2 aliphatic rings. The third kappa shape index (κ3) is 3.80. The van der Waals surface area contributed by atoms with Gasteiger partial charge >= 0.3 is 0 Å². The van der Waals surface area contributed by atoms with E-state index in [1.165, 1.54) is 16.7 Å². The van der Waals surface area contributed by atoms with Crippen molar-refractivity contribution in [2.45, 2.75) is 12.0 Å². The van der Waals surface area contributed by atoms with Crippen molar-refractivity contribution in [3.8, 4) is 5.75 Å². The number of hydrogen-bond donors (Lipinski definition) is 0. The highest BCUT2D eigenvalue weighted by atomic mass is 35.5. The molecule has 2 aromatic rings. The summed E-state index contributed by atoms with van der Waals surface area (Å²) >= 11 is 0. The third-order valence-corrected chi connectivity index (χ3v) is 5.36. The fourth-order valence-corrected chi connectivity index (χ4v) is 4.06. The Hall–Kier alpha value is -1.26. The van der Waals surface area contributed by atoms with Gasteiger partial charge in [-0.1, -0.05) is 36.4 Å². The van der Waals surface area contributed by atoms with Gasteiger partial charge in [0.25, 0.3) is 0 Å². The molecule has 0 N–H and O–H groups in total. The van der Waals surface area contributed by atoms with E-state index in [1.54, 1.807) is 7.11 Å². The number of halogens is 2. The molecule has 3 nitrogen and oxygen atoms in total. The van der Waals surface area contributed by atoms with Gasteiger partial charge in [-0.25, -0.2) is 0 Å². The first-order chi connectivity index (χ1) is 11.3. The average molecular weight is 381 g/mol. The number of hydrogen-bond acceptors (Lipinski definition) is 3. The maximum atomic E-state index is 5.31. The number of benzene rings is 2. The van der Waals surface area contributed by atoms with Crippen LogP contribution in [0.15, 0.2) is 48.5 Å². The number of ether oxygens (including phenoxy) is 1. The highest BCUT2D eigenvalue weighted by Crippen LogP contribution is 2.40. The molecule has 0 saturated carbocycles. The summed E-state index contributed by atoms with van der Waals surface area (Å²) in [7, 11) is 3.95. The van der Waals surface area contributed by atoms with Crippen molar-refractivity contribution >= 4 is 24.8 Å². The van der Waals surface area contributed by atoms with Crippen molar-refractivity contribution < 1.29 is 4.74 Å². The molecule has 0 spiro atoms. The van der Waals surface area contributed by atoms with Gasteiger partial charge in [-0.05, 0) is 35.9 Å². The van der Waals surface area contributed by atoms with E-state index < -0.39 is 0 Å². The normalized spacial score (nSPS) is 22.8. The molecule has 0 radical (unpaired) electrons. The van der Waals surface area contributed by atoms with Crippen LogP contribution in [0.4, 0.5) is 0 Å². The molecule has 2 aliphatic heterocycles. The Bertz CT molecular complexity index is 692. The largest absolute Gasteiger partial charge is 0.497 e. The minimum Gasteiger partial charge on any atom is -0.497 e. The number of piperazine rings is 1. The van der Waals surface area contributed by atoms with Gasteiger partial charge < -0.3 is 9.64 Å². The van der Waals surface area contributed by atoms with Gasteiger partial charge in [0.15, 0.2) is 0 Å². The van der Waals surface area contributed by atoms with Crippen LogP contribution >= 0.6 is 24.8 Å². The van der Waals surface area contributed by atoms with E-state index in [9.17, 15) is 0 Å². The summed E-state index contributed by atoms with van der Waals surface area (Å²) in [5.74, 6) is 1.38. The predicted octanol–water partition coefficient (Wildman–Crippen LogP) is 3.97. The van der Waals surface area contributed by atoms with Gasteiger partial charge in [0.05, 0.1) is 7.11 Å². The van der Waals surface area contributed by atoms with E-state index in [2.05, 4.69) is 65.4 Å². The second kappa shape index (κ2) is 8.41. The summed E-state index contributed by atoms with van der Waals surface area (Å²) in [6, 6.07) is 18.1. The molecule has 2 aromatic carbocycles. The van der Waals surface area contributed by atoms with Crippen LogP contribution in [0.5, 0.6) is 5.75 Å². The second-order valence-corrected chi connectivity index (χ2v) is 6.73. The summed E-state index contributed by atoms with van der Waals surface area (Å²) in [6.45, 7) is 4.56. The van der Waals surface area contributed by atoms with Gasteiger partial charge in [-0.2, -0.15) is 0 Å². The molecule has 0 aromatic heterocycles. The predicted molar refractivity (Wildman–Crippen MR) is 108 cm³/mol. The van der Waals surface area contributed by atoms with Crippen LogP contribution in [0, 0.1) is 0 Å². The van der Waals surface area contributed by atoms with Crippen molar-refractivity contribution in [3.05, 3.63) is 65.2 Å². The van der Waals surface area contributed by atoms with Gasteiger partial charge in [0.2, 0.25) is 0 Å². The molecule has 1 saturated heterocycles. The zero-order chi connectivity index (χ0) is 15.8. The van der Waals surface area contributed by atoms with E-state index in [0.29, 0.717) is 12.0 Å². The fourth-order valence-electron chi connectivity index (χ4n) is 4.06. The molecule has 25 heavy (non-hydrogen) atoms. The molecule has 2 heterocycles. The number of likely N-dealkylation sites (N-methyl/N-ethyl adjacent to an activating group) is 1. The monoisotopic (exact) mass is 380 g/mol. The summed E-state index contributed by atoms with van der Waals surface area (Å²) in [5.41, 5.74) is 4.39. The highest BCUT2D eigenvalue weighted by Gasteiger charge is 2.36. The molecular weight excluding hydrogens is 355 g/mol. The summed E-state index contributed by atoms with van der Waals surface area (Å²) in [5, 5.41) is 0. The number of methoxy groups -OCH3 is 1. The van der Waals surface area contributed by atoms with Crippen LogP contribution < -0.4 is 4.74 Å². The SMILES string of the molecule is COc1ccc([C@H]2CN3CCN(C)C[C@@H]3c3ccccc32)cc1.Cl.Cl. The second-order valence-electron chi connectivity index (χ2n) is 6.73. The number of fused-ring (bicyclic) bond motifs is 3. The van der Waals surface area contributed by atoms with E-state index in [4.69, 9.17) is 4.74 Å². The molecule has 1 fully saturated rings. The van der Waals surface area contributed by atoms with Crippen LogP contribution in [-0.2, 0) is 0 Å². The first-order valence-corrected chi connectivity index (χ1v) is 8.41. The van der Waals surface area contributed by atoms with Crippen molar-refractivity contribution in [2.24, 2.45) is 0 Å². The highest BCUT2D eigenvalue weighted by molar-refractivity contribution is 5.85. The Labute approximate surface area is 162 Å². The molecule has 0 unspecified atom stereocenters. The molecule has 0 aliphatic carbocycles. The maximum absolute atomic E-state index is 5.31. The minimum atomic E-state index is 0. The lowest BCUT2D eigenvalue weighted by Crippen LogP contribution is -2.50. The number of nitrogens with zero attached hydrogens (tertiary/aromatic N) is 2. The van der Waals surface area contributed by atoms with Crippen LogP contribution in [0.1, 0.15) is 28.7 Å². The van der Waals surface area contributed by atoms with Crippen LogP contribution in [0.25, 0.3) is 0 Å². The molecule has 5 heteroatoms. The van der Waals surface area contributed by atoms with Gasteiger partial charge in [0, 0.05) is 38.1 Å². The summed E-state index contributed by atoms with van der Waals surface area (Å²) < 4.78 is 5.31.